The van der Waals surface area contributed by atoms with Gasteiger partial charge < -0.3 is 0 Å². The van der Waals surface area contributed by atoms with Crippen LogP contribution in [0.1, 0.15) is 23.1 Å². The first-order valence-electron chi connectivity index (χ1n) is 4.14. The van der Waals surface area contributed by atoms with Crippen LogP contribution in [0, 0.1) is 0 Å². The Bertz CT molecular complexity index is 447. The lowest BCUT2D eigenvalue weighted by Crippen LogP contribution is -1.93. The zero-order valence-corrected chi connectivity index (χ0v) is 7.27. The Labute approximate surface area is 75.2 Å². The van der Waals surface area contributed by atoms with Crippen molar-refractivity contribution in [3.8, 4) is 0 Å². The molecule has 0 aliphatic carbocycles. The van der Waals surface area contributed by atoms with Crippen LogP contribution < -0.4 is 0 Å². The van der Waals surface area contributed by atoms with E-state index in [-0.39, 0.29) is 0 Å². The lowest BCUT2D eigenvalue weighted by Gasteiger charge is -1.92. The van der Waals surface area contributed by atoms with E-state index in [1.165, 1.54) is 0 Å². The summed E-state index contributed by atoms with van der Waals surface area (Å²) < 4.78 is 1.70. The first kappa shape index (κ1) is 7.91. The average molecular weight is 175 g/mol. The predicted molar refractivity (Wildman–Crippen MR) is 47.8 cm³/mol. The molecule has 66 valence electrons. The second-order valence-electron chi connectivity index (χ2n) is 2.70. The quantitative estimate of drug-likeness (QED) is 0.642. The molecular weight excluding hydrogens is 166 g/mol. The molecule has 2 heterocycles. The molecule has 0 atom stereocenters. The summed E-state index contributed by atoms with van der Waals surface area (Å²) in [6.07, 6.45) is 5.02. The van der Waals surface area contributed by atoms with Crippen LogP contribution in [-0.4, -0.2) is 20.7 Å². The summed E-state index contributed by atoms with van der Waals surface area (Å²) >= 11 is 0. The van der Waals surface area contributed by atoms with Gasteiger partial charge in [0.05, 0.1) is 5.69 Å². The molecule has 0 amide bonds. The van der Waals surface area contributed by atoms with E-state index in [0.717, 1.165) is 18.4 Å². The number of aldehydes is 1. The molecule has 0 saturated heterocycles. The first-order valence-corrected chi connectivity index (χ1v) is 4.14. The number of hydrogen-bond acceptors (Lipinski definition) is 3. The third-order valence-electron chi connectivity index (χ3n) is 1.96. The number of rotatable bonds is 2. The average Bonchev–Trinajstić information content (AvgIpc) is 2.55. The summed E-state index contributed by atoms with van der Waals surface area (Å²) in [5.74, 6) is 0.585. The standard InChI is InChI=1S/C9H9N3O/c1-2-7-8(6-13)12-5-3-4-10-9(12)11-7/h3-6H,2H2,1H3. The van der Waals surface area contributed by atoms with Gasteiger partial charge >= 0.3 is 0 Å². The van der Waals surface area contributed by atoms with Crippen molar-refractivity contribution in [3.05, 3.63) is 29.8 Å². The monoisotopic (exact) mass is 175 g/mol. The first-order chi connectivity index (χ1) is 6.36. The number of imidazole rings is 1. The number of hydrogen-bond donors (Lipinski definition) is 0. The smallest absolute Gasteiger partial charge is 0.234 e. The molecule has 0 radical (unpaired) electrons. The molecule has 2 aromatic rings. The Balaban J connectivity index is 2.81. The van der Waals surface area contributed by atoms with Crippen molar-refractivity contribution in [2.45, 2.75) is 13.3 Å². The molecule has 0 saturated carbocycles. The van der Waals surface area contributed by atoms with E-state index in [1.807, 2.05) is 6.92 Å². The number of nitrogens with zero attached hydrogens (tertiary/aromatic N) is 3. The maximum Gasteiger partial charge on any atom is 0.234 e. The molecule has 0 spiro atoms. The lowest BCUT2D eigenvalue weighted by atomic mass is 10.3. The van der Waals surface area contributed by atoms with E-state index in [1.54, 1.807) is 22.9 Å². The van der Waals surface area contributed by atoms with Crippen molar-refractivity contribution in [1.29, 1.82) is 0 Å². The molecule has 0 aliphatic heterocycles. The summed E-state index contributed by atoms with van der Waals surface area (Å²) in [5.41, 5.74) is 1.40. The van der Waals surface area contributed by atoms with Crippen molar-refractivity contribution in [1.82, 2.24) is 14.4 Å². The lowest BCUT2D eigenvalue weighted by molar-refractivity contribution is 0.111. The van der Waals surface area contributed by atoms with Crippen molar-refractivity contribution in [2.75, 3.05) is 0 Å². The fourth-order valence-electron chi connectivity index (χ4n) is 1.34. The number of carbonyl (C=O) groups is 1. The second kappa shape index (κ2) is 2.97. The number of aryl methyl sites for hydroxylation is 1. The van der Waals surface area contributed by atoms with E-state index >= 15 is 0 Å². The molecule has 0 N–H and O–H groups in total. The third-order valence-corrected chi connectivity index (χ3v) is 1.96. The SMILES string of the molecule is CCc1nc2ncccn2c1C=O. The predicted octanol–water partition coefficient (Wildman–Crippen LogP) is 1.10. The van der Waals surface area contributed by atoms with Crippen LogP contribution in [0.5, 0.6) is 0 Å². The van der Waals surface area contributed by atoms with Crippen LogP contribution in [0.2, 0.25) is 0 Å². The zero-order chi connectivity index (χ0) is 9.26. The number of aromatic nitrogens is 3. The Morgan fingerprint density at radius 1 is 1.62 bits per heavy atom. The minimum Gasteiger partial charge on any atom is -0.296 e. The molecule has 0 unspecified atom stereocenters. The van der Waals surface area contributed by atoms with Gasteiger partial charge in [0.2, 0.25) is 5.78 Å². The molecule has 0 fully saturated rings. The number of carbonyl (C=O) groups excluding carboxylic acids is 1. The molecule has 0 aromatic carbocycles. The van der Waals surface area contributed by atoms with Gasteiger partial charge in [0.25, 0.3) is 0 Å². The third kappa shape index (κ3) is 1.11. The minimum absolute atomic E-state index is 0.585. The van der Waals surface area contributed by atoms with E-state index in [0.29, 0.717) is 11.5 Å². The summed E-state index contributed by atoms with van der Waals surface area (Å²) in [5, 5.41) is 0. The molecule has 0 aliphatic rings. The highest BCUT2D eigenvalue weighted by Crippen LogP contribution is 2.08. The van der Waals surface area contributed by atoms with Gasteiger partial charge in [-0.05, 0) is 12.5 Å². The molecule has 0 bridgehead atoms. The van der Waals surface area contributed by atoms with Gasteiger partial charge in [0.1, 0.15) is 5.69 Å². The summed E-state index contributed by atoms with van der Waals surface area (Å²) in [6, 6.07) is 1.78. The normalized spacial score (nSPS) is 10.5. The van der Waals surface area contributed by atoms with Gasteiger partial charge in [0, 0.05) is 12.4 Å². The van der Waals surface area contributed by atoms with Crippen LogP contribution in [0.4, 0.5) is 0 Å². The van der Waals surface area contributed by atoms with E-state index < -0.39 is 0 Å². The van der Waals surface area contributed by atoms with Gasteiger partial charge in [-0.1, -0.05) is 6.92 Å². The van der Waals surface area contributed by atoms with Crippen LogP contribution in [0.15, 0.2) is 18.5 Å². The van der Waals surface area contributed by atoms with Crippen molar-refractivity contribution in [3.63, 3.8) is 0 Å². The number of fused-ring (bicyclic) bond motifs is 1. The van der Waals surface area contributed by atoms with Gasteiger partial charge in [-0.2, -0.15) is 0 Å². The summed E-state index contributed by atoms with van der Waals surface area (Å²) in [4.78, 5) is 19.0. The molecular formula is C9H9N3O. The summed E-state index contributed by atoms with van der Waals surface area (Å²) in [7, 11) is 0. The van der Waals surface area contributed by atoms with E-state index in [9.17, 15) is 4.79 Å². The highest BCUT2D eigenvalue weighted by Gasteiger charge is 2.08. The highest BCUT2D eigenvalue weighted by atomic mass is 16.1. The van der Waals surface area contributed by atoms with Crippen molar-refractivity contribution < 1.29 is 4.79 Å². The molecule has 2 aromatic heterocycles. The van der Waals surface area contributed by atoms with Crippen LogP contribution in [-0.2, 0) is 6.42 Å². The molecule has 2 rings (SSSR count). The minimum atomic E-state index is 0.585. The Hall–Kier alpha value is -1.71. The highest BCUT2D eigenvalue weighted by molar-refractivity contribution is 5.75. The maximum atomic E-state index is 10.8. The molecule has 13 heavy (non-hydrogen) atoms. The van der Waals surface area contributed by atoms with Crippen molar-refractivity contribution in [2.24, 2.45) is 0 Å². The van der Waals surface area contributed by atoms with Crippen molar-refractivity contribution >= 4 is 12.1 Å². The topological polar surface area (TPSA) is 47.3 Å². The Kier molecular flexibility index (Phi) is 1.81. The Morgan fingerprint density at radius 2 is 2.46 bits per heavy atom. The van der Waals surface area contributed by atoms with Crippen LogP contribution in [0.25, 0.3) is 5.78 Å². The van der Waals surface area contributed by atoms with Gasteiger partial charge in [-0.25, -0.2) is 9.97 Å². The largest absolute Gasteiger partial charge is 0.296 e. The molecule has 4 nitrogen and oxygen atoms in total. The maximum absolute atomic E-state index is 10.8. The zero-order valence-electron chi connectivity index (χ0n) is 7.27. The van der Waals surface area contributed by atoms with Gasteiger partial charge in [0.15, 0.2) is 6.29 Å². The van der Waals surface area contributed by atoms with E-state index in [4.69, 9.17) is 0 Å². The van der Waals surface area contributed by atoms with Crippen LogP contribution in [0.3, 0.4) is 0 Å². The summed E-state index contributed by atoms with van der Waals surface area (Å²) in [6.45, 7) is 1.97. The van der Waals surface area contributed by atoms with Crippen LogP contribution >= 0.6 is 0 Å². The fraction of sp³-hybridized carbons (Fsp3) is 0.222. The fourth-order valence-corrected chi connectivity index (χ4v) is 1.34. The molecule has 4 heteroatoms. The second-order valence-corrected chi connectivity index (χ2v) is 2.70. The Morgan fingerprint density at radius 3 is 3.15 bits per heavy atom. The van der Waals surface area contributed by atoms with Gasteiger partial charge in [-0.15, -0.1) is 0 Å². The van der Waals surface area contributed by atoms with Gasteiger partial charge in [-0.3, -0.25) is 9.20 Å². The van der Waals surface area contributed by atoms with E-state index in [2.05, 4.69) is 9.97 Å².